The van der Waals surface area contributed by atoms with Crippen LogP contribution < -0.4 is 20.1 Å². The Balaban J connectivity index is 1.10. The summed E-state index contributed by atoms with van der Waals surface area (Å²) < 4.78 is 16.1. The minimum absolute atomic E-state index is 0.0789. The number of hydrogen-bond acceptors (Lipinski definition) is 8. The molecule has 1 aromatic heterocycles. The number of aromatic nitrogens is 2. The van der Waals surface area contributed by atoms with Gasteiger partial charge in [-0.1, -0.05) is 47.1 Å². The maximum atomic E-state index is 13.2. The van der Waals surface area contributed by atoms with E-state index in [1.165, 1.54) is 0 Å². The van der Waals surface area contributed by atoms with Gasteiger partial charge in [0, 0.05) is 18.0 Å². The van der Waals surface area contributed by atoms with Gasteiger partial charge in [-0.25, -0.2) is 0 Å². The van der Waals surface area contributed by atoms with Gasteiger partial charge in [0.2, 0.25) is 17.6 Å². The smallest absolute Gasteiger partial charge is 0.253 e. The Kier molecular flexibility index (Phi) is 9.68. The SMILES string of the molecule is COc1ccc(CCNC(=O)c2ccccc2NC(=O)C2CCN(Cc3nc(-c4cccc(C)c4)no3)CC2)cc1OC. The zero-order valence-electron chi connectivity index (χ0n) is 24.8. The highest BCUT2D eigenvalue weighted by molar-refractivity contribution is 6.04. The summed E-state index contributed by atoms with van der Waals surface area (Å²) >= 11 is 0. The molecule has 0 unspecified atom stereocenters. The summed E-state index contributed by atoms with van der Waals surface area (Å²) in [6.45, 7) is 4.47. The second kappa shape index (κ2) is 14.0. The van der Waals surface area contributed by atoms with E-state index in [2.05, 4.69) is 25.7 Å². The number of benzene rings is 3. The molecular formula is C33H37N5O5. The van der Waals surface area contributed by atoms with E-state index >= 15 is 0 Å². The third-order valence-corrected chi connectivity index (χ3v) is 7.64. The summed E-state index contributed by atoms with van der Waals surface area (Å²) in [6, 6.07) is 20.8. The Morgan fingerprint density at radius 3 is 2.53 bits per heavy atom. The van der Waals surface area contributed by atoms with Crippen LogP contribution in [0.5, 0.6) is 11.5 Å². The second-order valence-electron chi connectivity index (χ2n) is 10.7. The third-order valence-electron chi connectivity index (χ3n) is 7.64. The van der Waals surface area contributed by atoms with Crippen LogP contribution in [-0.2, 0) is 17.8 Å². The molecule has 0 radical (unpaired) electrons. The molecule has 4 aromatic rings. The van der Waals surface area contributed by atoms with Crippen LogP contribution in [0.4, 0.5) is 5.69 Å². The minimum Gasteiger partial charge on any atom is -0.493 e. The molecule has 0 atom stereocenters. The number of carbonyl (C=O) groups is 2. The summed E-state index contributed by atoms with van der Waals surface area (Å²) in [4.78, 5) is 33.0. The van der Waals surface area contributed by atoms with Gasteiger partial charge in [0.1, 0.15) is 0 Å². The van der Waals surface area contributed by atoms with Crippen molar-refractivity contribution < 1.29 is 23.6 Å². The van der Waals surface area contributed by atoms with Crippen LogP contribution >= 0.6 is 0 Å². The Hall–Kier alpha value is -4.70. The number of ether oxygens (including phenoxy) is 2. The Labute approximate surface area is 251 Å². The molecule has 3 aromatic carbocycles. The van der Waals surface area contributed by atoms with Crippen molar-refractivity contribution in [1.82, 2.24) is 20.4 Å². The number of piperidine rings is 1. The number of nitrogens with zero attached hydrogens (tertiary/aromatic N) is 3. The van der Waals surface area contributed by atoms with Gasteiger partial charge in [0.05, 0.1) is 32.0 Å². The van der Waals surface area contributed by atoms with E-state index in [-0.39, 0.29) is 17.7 Å². The number of hydrogen-bond donors (Lipinski definition) is 2. The lowest BCUT2D eigenvalue weighted by molar-refractivity contribution is -0.121. The molecule has 2 amide bonds. The highest BCUT2D eigenvalue weighted by Gasteiger charge is 2.27. The van der Waals surface area contributed by atoms with Crippen LogP contribution in [0.1, 0.15) is 40.2 Å². The number of aryl methyl sites for hydroxylation is 1. The average molecular weight is 584 g/mol. The van der Waals surface area contributed by atoms with Gasteiger partial charge < -0.3 is 24.6 Å². The molecule has 0 bridgehead atoms. The standard InChI is InChI=1S/C33H37N5O5/c1-22-7-6-8-25(19-22)31-36-30(43-37-31)21-38-17-14-24(15-18-38)32(39)35-27-10-5-4-9-26(27)33(40)34-16-13-23-11-12-28(41-2)29(20-23)42-3/h4-12,19-20,24H,13-18,21H2,1-3H3,(H,34,40)(H,35,39). The number of likely N-dealkylation sites (tertiary alicyclic amines) is 1. The lowest BCUT2D eigenvalue weighted by Gasteiger charge is -2.30. The van der Waals surface area contributed by atoms with E-state index in [9.17, 15) is 9.59 Å². The normalized spacial score (nSPS) is 13.8. The Morgan fingerprint density at radius 1 is 0.977 bits per heavy atom. The van der Waals surface area contributed by atoms with Crippen molar-refractivity contribution in [2.24, 2.45) is 5.92 Å². The molecule has 1 aliphatic heterocycles. The van der Waals surface area contributed by atoms with Gasteiger partial charge in [-0.3, -0.25) is 14.5 Å². The molecule has 5 rings (SSSR count). The number of nitrogens with one attached hydrogen (secondary N) is 2. The van der Waals surface area contributed by atoms with E-state index in [0.29, 0.717) is 66.8 Å². The van der Waals surface area contributed by atoms with Crippen molar-refractivity contribution in [3.8, 4) is 22.9 Å². The van der Waals surface area contributed by atoms with E-state index in [1.807, 2.05) is 55.5 Å². The molecule has 10 heteroatoms. The number of carbonyl (C=O) groups excluding carboxylic acids is 2. The fourth-order valence-electron chi connectivity index (χ4n) is 5.24. The summed E-state index contributed by atoms with van der Waals surface area (Å²) in [7, 11) is 3.19. The Morgan fingerprint density at radius 2 is 1.77 bits per heavy atom. The maximum absolute atomic E-state index is 13.2. The molecule has 0 aliphatic carbocycles. The Bertz CT molecular complexity index is 1560. The minimum atomic E-state index is -0.240. The number of methoxy groups -OCH3 is 2. The topological polar surface area (TPSA) is 119 Å². The highest BCUT2D eigenvalue weighted by Crippen LogP contribution is 2.28. The molecule has 1 fully saturated rings. The first kappa shape index (κ1) is 29.8. The molecular weight excluding hydrogens is 546 g/mol. The van der Waals surface area contributed by atoms with Gasteiger partial charge in [-0.15, -0.1) is 0 Å². The summed E-state index contributed by atoms with van der Waals surface area (Å²) in [6.07, 6.45) is 2.02. The zero-order valence-corrected chi connectivity index (χ0v) is 24.8. The maximum Gasteiger partial charge on any atom is 0.253 e. The van der Waals surface area contributed by atoms with Gasteiger partial charge in [0.25, 0.3) is 5.91 Å². The summed E-state index contributed by atoms with van der Waals surface area (Å²) in [5.41, 5.74) is 4.02. The third kappa shape index (κ3) is 7.58. The van der Waals surface area contributed by atoms with E-state index in [4.69, 9.17) is 14.0 Å². The highest BCUT2D eigenvalue weighted by atomic mass is 16.5. The fourth-order valence-corrected chi connectivity index (χ4v) is 5.24. The quantitative estimate of drug-likeness (QED) is 0.256. The molecule has 224 valence electrons. The van der Waals surface area contributed by atoms with Crippen molar-refractivity contribution in [3.63, 3.8) is 0 Å². The first-order valence-electron chi connectivity index (χ1n) is 14.4. The number of amides is 2. The van der Waals surface area contributed by atoms with Crippen molar-refractivity contribution in [2.45, 2.75) is 32.7 Å². The fraction of sp³-hybridized carbons (Fsp3) is 0.333. The van der Waals surface area contributed by atoms with Crippen LogP contribution in [0.25, 0.3) is 11.4 Å². The van der Waals surface area contributed by atoms with Gasteiger partial charge in [-0.2, -0.15) is 4.98 Å². The molecule has 1 aliphatic rings. The summed E-state index contributed by atoms with van der Waals surface area (Å²) in [5.74, 6) is 1.97. The van der Waals surface area contributed by atoms with Crippen molar-refractivity contribution in [2.75, 3.05) is 39.2 Å². The second-order valence-corrected chi connectivity index (χ2v) is 10.7. The summed E-state index contributed by atoms with van der Waals surface area (Å²) in [5, 5.41) is 10.1. The average Bonchev–Trinajstić information content (AvgIpc) is 3.50. The lowest BCUT2D eigenvalue weighted by Crippen LogP contribution is -2.38. The zero-order chi connectivity index (χ0) is 30.2. The predicted molar refractivity (Wildman–Crippen MR) is 163 cm³/mol. The van der Waals surface area contributed by atoms with E-state index in [1.54, 1.807) is 32.4 Å². The predicted octanol–water partition coefficient (Wildman–Crippen LogP) is 4.89. The molecule has 43 heavy (non-hydrogen) atoms. The lowest BCUT2D eigenvalue weighted by atomic mass is 9.95. The van der Waals surface area contributed by atoms with Crippen LogP contribution in [0, 0.1) is 12.8 Å². The number of para-hydroxylation sites is 1. The van der Waals surface area contributed by atoms with Crippen molar-refractivity contribution in [3.05, 3.63) is 89.3 Å². The first-order valence-corrected chi connectivity index (χ1v) is 14.4. The number of rotatable bonds is 11. The van der Waals surface area contributed by atoms with Crippen LogP contribution in [0.2, 0.25) is 0 Å². The molecule has 2 heterocycles. The molecule has 10 nitrogen and oxygen atoms in total. The van der Waals surface area contributed by atoms with Crippen LogP contribution in [-0.4, -0.2) is 60.7 Å². The molecule has 2 N–H and O–H groups in total. The monoisotopic (exact) mass is 583 g/mol. The molecule has 1 saturated heterocycles. The number of anilines is 1. The van der Waals surface area contributed by atoms with Crippen molar-refractivity contribution in [1.29, 1.82) is 0 Å². The largest absolute Gasteiger partial charge is 0.493 e. The van der Waals surface area contributed by atoms with Gasteiger partial charge in [-0.05, 0) is 75.2 Å². The van der Waals surface area contributed by atoms with Gasteiger partial charge in [0.15, 0.2) is 11.5 Å². The van der Waals surface area contributed by atoms with Gasteiger partial charge >= 0.3 is 0 Å². The van der Waals surface area contributed by atoms with E-state index in [0.717, 1.165) is 29.8 Å². The van der Waals surface area contributed by atoms with Crippen molar-refractivity contribution >= 4 is 17.5 Å². The molecule has 0 spiro atoms. The molecule has 0 saturated carbocycles. The van der Waals surface area contributed by atoms with Crippen LogP contribution in [0.15, 0.2) is 71.3 Å². The van der Waals surface area contributed by atoms with Crippen LogP contribution in [0.3, 0.4) is 0 Å². The van der Waals surface area contributed by atoms with E-state index < -0.39 is 0 Å². The first-order chi connectivity index (χ1) is 20.9.